The first-order valence-corrected chi connectivity index (χ1v) is 6.31. The van der Waals surface area contributed by atoms with Crippen LogP contribution in [0.1, 0.15) is 41.1 Å². The van der Waals surface area contributed by atoms with E-state index in [9.17, 15) is 5.11 Å². The third-order valence-corrected chi connectivity index (χ3v) is 3.34. The van der Waals surface area contributed by atoms with Gasteiger partial charge in [-0.05, 0) is 37.5 Å². The summed E-state index contributed by atoms with van der Waals surface area (Å²) in [6.07, 6.45) is 0.274. The fraction of sp³-hybridized carbons (Fsp3) is 0.400. The molecule has 2 aromatic rings. The summed E-state index contributed by atoms with van der Waals surface area (Å²) in [5.41, 5.74) is 5.08. The van der Waals surface area contributed by atoms with Crippen molar-refractivity contribution in [2.45, 2.75) is 33.3 Å². The van der Waals surface area contributed by atoms with Gasteiger partial charge in [0.15, 0.2) is 0 Å². The zero-order valence-electron chi connectivity index (χ0n) is 11.4. The topological polar surface area (TPSA) is 38.0 Å². The van der Waals surface area contributed by atoms with Crippen molar-refractivity contribution in [1.82, 2.24) is 9.78 Å². The highest BCUT2D eigenvalue weighted by atomic mass is 16.3. The molecule has 0 aliphatic carbocycles. The van der Waals surface area contributed by atoms with Crippen LogP contribution in [0.2, 0.25) is 0 Å². The minimum atomic E-state index is -0.609. The summed E-state index contributed by atoms with van der Waals surface area (Å²) in [5, 5.41) is 14.9. The highest BCUT2D eigenvalue weighted by Crippen LogP contribution is 2.26. The first-order chi connectivity index (χ1) is 8.52. The minimum absolute atomic E-state index is 0.609. The summed E-state index contributed by atoms with van der Waals surface area (Å²) < 4.78 is 1.77. The van der Waals surface area contributed by atoms with E-state index in [0.29, 0.717) is 0 Å². The lowest BCUT2D eigenvalue weighted by molar-refractivity contribution is 0.209. The average molecular weight is 244 g/mol. The molecule has 1 aromatic heterocycles. The van der Waals surface area contributed by atoms with Crippen LogP contribution in [0, 0.1) is 13.8 Å². The molecule has 3 heteroatoms. The molecule has 0 saturated carbocycles. The maximum absolute atomic E-state index is 10.5. The third kappa shape index (κ3) is 2.31. The van der Waals surface area contributed by atoms with Crippen molar-refractivity contribution < 1.29 is 5.11 Å². The van der Waals surface area contributed by atoms with Crippen LogP contribution in [0.3, 0.4) is 0 Å². The molecule has 0 amide bonds. The van der Waals surface area contributed by atoms with Crippen LogP contribution in [-0.4, -0.2) is 14.9 Å². The fourth-order valence-electron chi connectivity index (χ4n) is 2.19. The molecule has 1 heterocycles. The van der Waals surface area contributed by atoms with Crippen LogP contribution in [-0.2, 0) is 13.5 Å². The Morgan fingerprint density at radius 3 is 2.61 bits per heavy atom. The van der Waals surface area contributed by atoms with Gasteiger partial charge in [-0.3, -0.25) is 4.68 Å². The Labute approximate surface area is 108 Å². The van der Waals surface area contributed by atoms with Gasteiger partial charge in [-0.15, -0.1) is 0 Å². The quantitative estimate of drug-likeness (QED) is 0.901. The lowest BCUT2D eigenvalue weighted by atomic mass is 9.98. The lowest BCUT2D eigenvalue weighted by Gasteiger charge is -2.14. The maximum atomic E-state index is 10.5. The molecule has 18 heavy (non-hydrogen) atoms. The van der Waals surface area contributed by atoms with Gasteiger partial charge in [-0.25, -0.2) is 0 Å². The van der Waals surface area contributed by atoms with Crippen LogP contribution >= 0.6 is 0 Å². The Hall–Kier alpha value is -1.61. The van der Waals surface area contributed by atoms with Crippen molar-refractivity contribution in [3.63, 3.8) is 0 Å². The van der Waals surface area contributed by atoms with Gasteiger partial charge in [0.25, 0.3) is 0 Å². The standard InChI is InChI=1S/C15H20N2O/c1-5-12-9-14(17(4)16-12)15(18)13-8-10(2)6-7-11(13)3/h6-9,15,18H,5H2,1-4H3. The molecule has 1 N–H and O–H groups in total. The maximum Gasteiger partial charge on any atom is 0.121 e. The van der Waals surface area contributed by atoms with Crippen molar-refractivity contribution in [2.24, 2.45) is 7.05 Å². The van der Waals surface area contributed by atoms with E-state index in [1.54, 1.807) is 4.68 Å². The number of nitrogens with zero attached hydrogens (tertiary/aromatic N) is 2. The highest BCUT2D eigenvalue weighted by Gasteiger charge is 2.17. The molecule has 96 valence electrons. The Morgan fingerprint density at radius 2 is 2.00 bits per heavy atom. The zero-order chi connectivity index (χ0) is 13.3. The number of benzene rings is 1. The van der Waals surface area contributed by atoms with Gasteiger partial charge in [0, 0.05) is 7.05 Å². The molecule has 0 fully saturated rings. The van der Waals surface area contributed by atoms with Gasteiger partial charge < -0.3 is 5.11 Å². The Kier molecular flexibility index (Phi) is 3.53. The molecule has 1 atom stereocenters. The summed E-state index contributed by atoms with van der Waals surface area (Å²) in [5.74, 6) is 0. The molecule has 3 nitrogen and oxygen atoms in total. The molecular formula is C15H20N2O. The van der Waals surface area contributed by atoms with Crippen molar-refractivity contribution in [3.05, 3.63) is 52.3 Å². The van der Waals surface area contributed by atoms with E-state index in [-0.39, 0.29) is 0 Å². The largest absolute Gasteiger partial charge is 0.382 e. The van der Waals surface area contributed by atoms with E-state index in [2.05, 4.69) is 18.1 Å². The second-order valence-electron chi connectivity index (χ2n) is 4.80. The summed E-state index contributed by atoms with van der Waals surface area (Å²) in [4.78, 5) is 0. The molecule has 0 spiro atoms. The monoisotopic (exact) mass is 244 g/mol. The Bertz CT molecular complexity index is 558. The zero-order valence-corrected chi connectivity index (χ0v) is 11.4. The minimum Gasteiger partial charge on any atom is -0.382 e. The number of rotatable bonds is 3. The Balaban J connectivity index is 2.43. The van der Waals surface area contributed by atoms with Gasteiger partial charge in [0.05, 0.1) is 11.4 Å². The second-order valence-corrected chi connectivity index (χ2v) is 4.80. The molecule has 1 aromatic carbocycles. The molecule has 0 aliphatic heterocycles. The smallest absolute Gasteiger partial charge is 0.121 e. The number of aromatic nitrogens is 2. The van der Waals surface area contributed by atoms with E-state index >= 15 is 0 Å². The molecule has 1 unspecified atom stereocenters. The lowest BCUT2D eigenvalue weighted by Crippen LogP contribution is -2.08. The van der Waals surface area contributed by atoms with Crippen LogP contribution in [0.4, 0.5) is 0 Å². The summed E-state index contributed by atoms with van der Waals surface area (Å²) in [6, 6.07) is 8.13. The van der Waals surface area contributed by atoms with Gasteiger partial charge in [0.1, 0.15) is 6.10 Å². The molecular weight excluding hydrogens is 224 g/mol. The van der Waals surface area contributed by atoms with Crippen molar-refractivity contribution in [2.75, 3.05) is 0 Å². The molecule has 2 rings (SSSR count). The van der Waals surface area contributed by atoms with E-state index < -0.39 is 6.10 Å². The van der Waals surface area contributed by atoms with Crippen LogP contribution < -0.4 is 0 Å². The van der Waals surface area contributed by atoms with Gasteiger partial charge in [0.2, 0.25) is 0 Å². The number of hydrogen-bond acceptors (Lipinski definition) is 2. The highest BCUT2D eigenvalue weighted by molar-refractivity contribution is 5.36. The summed E-state index contributed by atoms with van der Waals surface area (Å²) in [7, 11) is 1.88. The van der Waals surface area contributed by atoms with E-state index in [1.807, 2.05) is 39.1 Å². The van der Waals surface area contributed by atoms with Crippen LogP contribution in [0.25, 0.3) is 0 Å². The molecule has 0 aliphatic rings. The number of aliphatic hydroxyl groups is 1. The van der Waals surface area contributed by atoms with E-state index in [1.165, 1.54) is 0 Å². The predicted octanol–water partition coefficient (Wildman–Crippen LogP) is 2.68. The van der Waals surface area contributed by atoms with Crippen molar-refractivity contribution in [3.8, 4) is 0 Å². The Morgan fingerprint density at radius 1 is 1.28 bits per heavy atom. The first kappa shape index (κ1) is 12.8. The predicted molar refractivity (Wildman–Crippen MR) is 72.6 cm³/mol. The third-order valence-electron chi connectivity index (χ3n) is 3.34. The van der Waals surface area contributed by atoms with Crippen molar-refractivity contribution >= 4 is 0 Å². The van der Waals surface area contributed by atoms with E-state index in [0.717, 1.165) is 34.5 Å². The number of aryl methyl sites for hydroxylation is 4. The van der Waals surface area contributed by atoms with Gasteiger partial charge in [-0.2, -0.15) is 5.10 Å². The number of aliphatic hydroxyl groups excluding tert-OH is 1. The average Bonchev–Trinajstić information content (AvgIpc) is 2.73. The SMILES string of the molecule is CCc1cc(C(O)c2cc(C)ccc2C)n(C)n1. The van der Waals surface area contributed by atoms with Gasteiger partial charge in [-0.1, -0.05) is 30.7 Å². The first-order valence-electron chi connectivity index (χ1n) is 6.31. The molecule has 0 bridgehead atoms. The van der Waals surface area contributed by atoms with E-state index in [4.69, 9.17) is 0 Å². The normalized spacial score (nSPS) is 12.7. The summed E-state index contributed by atoms with van der Waals surface area (Å²) in [6.45, 7) is 6.13. The molecule has 0 radical (unpaired) electrons. The molecule has 0 saturated heterocycles. The fourth-order valence-corrected chi connectivity index (χ4v) is 2.19. The second kappa shape index (κ2) is 4.94. The van der Waals surface area contributed by atoms with Gasteiger partial charge >= 0.3 is 0 Å². The summed E-state index contributed by atoms with van der Waals surface area (Å²) >= 11 is 0. The van der Waals surface area contributed by atoms with Crippen LogP contribution in [0.15, 0.2) is 24.3 Å². The van der Waals surface area contributed by atoms with Crippen molar-refractivity contribution in [1.29, 1.82) is 0 Å². The number of hydrogen-bond donors (Lipinski definition) is 1. The van der Waals surface area contributed by atoms with Crippen LogP contribution in [0.5, 0.6) is 0 Å².